The highest BCUT2D eigenvalue weighted by Crippen LogP contribution is 2.39. The first-order valence-corrected chi connectivity index (χ1v) is 10.6. The van der Waals surface area contributed by atoms with Crippen molar-refractivity contribution in [3.05, 3.63) is 115 Å². The number of fused-ring (bicyclic) bond motifs is 1. The molecular formula is C24H18N2O4S. The fourth-order valence-electron chi connectivity index (χ4n) is 3.95. The van der Waals surface area contributed by atoms with Crippen molar-refractivity contribution in [1.29, 1.82) is 0 Å². The van der Waals surface area contributed by atoms with E-state index in [1.807, 2.05) is 47.8 Å². The smallest absolute Gasteiger partial charge is 0.344 e. The fourth-order valence-corrected chi connectivity index (χ4v) is 4.79. The molecule has 0 aliphatic carbocycles. The fraction of sp³-hybridized carbons (Fsp3) is 0.0833. The Bertz CT molecular complexity index is 1490. The highest BCUT2D eigenvalue weighted by molar-refractivity contribution is 7.10. The van der Waals surface area contributed by atoms with Crippen molar-refractivity contribution in [2.45, 2.75) is 12.8 Å². The van der Waals surface area contributed by atoms with E-state index in [0.717, 1.165) is 4.88 Å². The Hall–Kier alpha value is -3.84. The Kier molecular flexibility index (Phi) is 4.60. The molecule has 1 unspecified atom stereocenters. The molecule has 0 aliphatic heterocycles. The van der Waals surface area contributed by atoms with Crippen molar-refractivity contribution >= 4 is 22.3 Å². The molecule has 0 fully saturated rings. The van der Waals surface area contributed by atoms with Crippen molar-refractivity contribution in [2.75, 3.05) is 0 Å². The number of aromatic nitrogens is 2. The molecule has 154 valence electrons. The van der Waals surface area contributed by atoms with E-state index in [2.05, 4.69) is 5.10 Å². The number of benzene rings is 2. The van der Waals surface area contributed by atoms with E-state index in [1.54, 1.807) is 31.2 Å². The monoisotopic (exact) mass is 430 g/mol. The summed E-state index contributed by atoms with van der Waals surface area (Å²) in [6, 6.07) is 19.7. The molecule has 0 saturated carbocycles. The number of aromatic hydroxyl groups is 1. The number of para-hydroxylation sites is 2. The summed E-state index contributed by atoms with van der Waals surface area (Å²) in [6.07, 6.45) is 0. The predicted molar refractivity (Wildman–Crippen MR) is 121 cm³/mol. The molecule has 3 heterocycles. The van der Waals surface area contributed by atoms with E-state index in [4.69, 9.17) is 4.42 Å². The molecule has 1 atom stereocenters. The molecule has 0 saturated heterocycles. The topological polar surface area (TPSA) is 88.2 Å². The van der Waals surface area contributed by atoms with Crippen molar-refractivity contribution in [3.8, 4) is 11.4 Å². The summed E-state index contributed by atoms with van der Waals surface area (Å²) in [7, 11) is 0. The number of thiophene rings is 1. The molecule has 0 bridgehead atoms. The number of nitrogens with zero attached hydrogens (tertiary/aromatic N) is 1. The van der Waals surface area contributed by atoms with Gasteiger partial charge in [0.05, 0.1) is 28.1 Å². The summed E-state index contributed by atoms with van der Waals surface area (Å²) in [6.45, 7) is 1.79. The van der Waals surface area contributed by atoms with E-state index >= 15 is 0 Å². The first-order chi connectivity index (χ1) is 15.1. The van der Waals surface area contributed by atoms with E-state index in [0.29, 0.717) is 27.9 Å². The van der Waals surface area contributed by atoms with Gasteiger partial charge in [0.15, 0.2) is 0 Å². The Morgan fingerprint density at radius 3 is 2.45 bits per heavy atom. The molecule has 6 nitrogen and oxygen atoms in total. The second-order valence-corrected chi connectivity index (χ2v) is 8.20. The molecule has 0 spiro atoms. The van der Waals surface area contributed by atoms with Crippen LogP contribution in [0.1, 0.15) is 27.6 Å². The van der Waals surface area contributed by atoms with Crippen LogP contribution in [0, 0.1) is 6.92 Å². The van der Waals surface area contributed by atoms with Gasteiger partial charge in [-0.15, -0.1) is 11.3 Å². The number of nitrogens with one attached hydrogen (secondary N) is 1. The molecule has 5 aromatic rings. The molecule has 5 rings (SSSR count). The van der Waals surface area contributed by atoms with Gasteiger partial charge in [0.2, 0.25) is 0 Å². The van der Waals surface area contributed by atoms with Crippen LogP contribution in [0.5, 0.6) is 5.75 Å². The average Bonchev–Trinajstić information content (AvgIpc) is 3.41. The number of hydrogen-bond donors (Lipinski definition) is 2. The van der Waals surface area contributed by atoms with Gasteiger partial charge < -0.3 is 9.52 Å². The third-order valence-electron chi connectivity index (χ3n) is 5.36. The number of H-pyrrole nitrogens is 1. The van der Waals surface area contributed by atoms with Crippen LogP contribution in [0.2, 0.25) is 0 Å². The van der Waals surface area contributed by atoms with Crippen LogP contribution in [-0.2, 0) is 0 Å². The van der Waals surface area contributed by atoms with E-state index in [1.165, 1.54) is 16.0 Å². The van der Waals surface area contributed by atoms with Gasteiger partial charge in [0, 0.05) is 10.6 Å². The Labute approximate surface area is 180 Å². The van der Waals surface area contributed by atoms with Gasteiger partial charge in [-0.25, -0.2) is 9.48 Å². The van der Waals surface area contributed by atoms with Crippen LogP contribution in [0.15, 0.2) is 86.1 Å². The van der Waals surface area contributed by atoms with Crippen LogP contribution >= 0.6 is 11.3 Å². The zero-order valence-corrected chi connectivity index (χ0v) is 17.3. The van der Waals surface area contributed by atoms with Crippen molar-refractivity contribution < 1.29 is 9.52 Å². The summed E-state index contributed by atoms with van der Waals surface area (Å²) < 4.78 is 6.96. The maximum Gasteiger partial charge on any atom is 0.344 e. The van der Waals surface area contributed by atoms with E-state index in [9.17, 15) is 14.7 Å². The normalized spacial score (nSPS) is 12.3. The Morgan fingerprint density at radius 1 is 0.968 bits per heavy atom. The average molecular weight is 430 g/mol. The Morgan fingerprint density at radius 2 is 1.71 bits per heavy atom. The summed E-state index contributed by atoms with van der Waals surface area (Å²) >= 11 is 1.41. The second-order valence-electron chi connectivity index (χ2n) is 7.22. The van der Waals surface area contributed by atoms with Gasteiger partial charge in [-0.05, 0) is 42.6 Å². The SMILES string of the molecule is Cc1[nH]n(-c2ccccc2)c(=O)c1C(c1cccs1)c1c(O)c2ccccc2oc1=O. The largest absolute Gasteiger partial charge is 0.507 e. The molecule has 0 amide bonds. The quantitative estimate of drug-likeness (QED) is 0.410. The highest BCUT2D eigenvalue weighted by Gasteiger charge is 2.32. The highest BCUT2D eigenvalue weighted by atomic mass is 32.1. The lowest BCUT2D eigenvalue weighted by Gasteiger charge is -2.16. The van der Waals surface area contributed by atoms with Crippen LogP contribution < -0.4 is 11.2 Å². The predicted octanol–water partition coefficient (Wildman–Crippen LogP) is 4.53. The summed E-state index contributed by atoms with van der Waals surface area (Å²) in [5.74, 6) is -0.939. The summed E-state index contributed by atoms with van der Waals surface area (Å²) in [4.78, 5) is 27.3. The van der Waals surface area contributed by atoms with Gasteiger partial charge >= 0.3 is 5.63 Å². The van der Waals surface area contributed by atoms with Gasteiger partial charge in [0.25, 0.3) is 5.56 Å². The maximum absolute atomic E-state index is 13.5. The van der Waals surface area contributed by atoms with Crippen molar-refractivity contribution in [2.24, 2.45) is 0 Å². The Balaban J connectivity index is 1.82. The third-order valence-corrected chi connectivity index (χ3v) is 6.29. The minimum absolute atomic E-state index is 0.0561. The van der Waals surface area contributed by atoms with Gasteiger partial charge in [-0.1, -0.05) is 36.4 Å². The lowest BCUT2D eigenvalue weighted by molar-refractivity contribution is 0.455. The first kappa shape index (κ1) is 19.1. The van der Waals surface area contributed by atoms with Gasteiger partial charge in [-0.3, -0.25) is 9.89 Å². The van der Waals surface area contributed by atoms with Crippen molar-refractivity contribution in [1.82, 2.24) is 9.78 Å². The van der Waals surface area contributed by atoms with Gasteiger partial charge in [0.1, 0.15) is 11.3 Å². The minimum atomic E-state index is -0.769. The molecule has 31 heavy (non-hydrogen) atoms. The summed E-state index contributed by atoms with van der Waals surface area (Å²) in [5, 5.41) is 16.5. The molecular weight excluding hydrogens is 412 g/mol. The molecule has 2 N–H and O–H groups in total. The van der Waals surface area contributed by atoms with E-state index in [-0.39, 0.29) is 16.9 Å². The van der Waals surface area contributed by atoms with Crippen molar-refractivity contribution in [3.63, 3.8) is 0 Å². The first-order valence-electron chi connectivity index (χ1n) is 9.71. The number of rotatable bonds is 4. The number of aromatic amines is 1. The standard InChI is InChI=1S/C24H18N2O4S/c1-14-19(23(28)26(25-14)15-8-3-2-4-9-15)20(18-12-7-13-31-18)21-22(27)16-10-5-6-11-17(16)30-24(21)29/h2-13,20,25,27H,1H3. The maximum atomic E-state index is 13.5. The van der Waals surface area contributed by atoms with E-state index < -0.39 is 11.5 Å². The second kappa shape index (κ2) is 7.45. The number of hydrogen-bond acceptors (Lipinski definition) is 5. The molecule has 0 aliphatic rings. The zero-order chi connectivity index (χ0) is 21.5. The lowest BCUT2D eigenvalue weighted by Crippen LogP contribution is -2.23. The van der Waals surface area contributed by atoms with Gasteiger partial charge in [-0.2, -0.15) is 0 Å². The summed E-state index contributed by atoms with van der Waals surface area (Å²) in [5.41, 5.74) is 1.09. The minimum Gasteiger partial charge on any atom is -0.507 e. The third kappa shape index (κ3) is 3.10. The van der Waals surface area contributed by atoms with Crippen LogP contribution in [0.3, 0.4) is 0 Å². The molecule has 0 radical (unpaired) electrons. The van der Waals surface area contributed by atoms with Crippen LogP contribution in [0.4, 0.5) is 0 Å². The molecule has 3 aromatic heterocycles. The van der Waals surface area contributed by atoms with Crippen LogP contribution in [-0.4, -0.2) is 14.9 Å². The molecule has 2 aromatic carbocycles. The molecule has 7 heteroatoms. The van der Waals surface area contributed by atoms with Crippen LogP contribution in [0.25, 0.3) is 16.7 Å². The number of aryl methyl sites for hydroxylation is 1. The zero-order valence-electron chi connectivity index (χ0n) is 16.5. The lowest BCUT2D eigenvalue weighted by atomic mass is 9.89.